The monoisotopic (exact) mass is 87.1 g/mol. The molecule has 0 aromatic rings. The topological polar surface area (TPSA) is 42.2 Å². The third-order valence-electron chi connectivity index (χ3n) is 0.970. The Morgan fingerprint density at radius 1 is 1.83 bits per heavy atom. The van der Waals surface area contributed by atoms with Gasteiger partial charge in [0.25, 0.3) is 0 Å². The molecule has 0 bridgehead atoms. The maximum absolute atomic E-state index is 8.24. The fraction of sp³-hybridized carbons (Fsp3) is 1.00. The molecular formula is C4H9NO. The van der Waals surface area contributed by atoms with Crippen LogP contribution in [0.1, 0.15) is 6.42 Å². The smallest absolute Gasteiger partial charge is 0.0446 e. The summed E-state index contributed by atoms with van der Waals surface area (Å²) in [5.74, 6) is 0. The summed E-state index contributed by atoms with van der Waals surface area (Å²) < 4.78 is 0. The maximum Gasteiger partial charge on any atom is 0.0446 e. The SMILES string of the molecule is OCCC1CN1. The molecule has 1 aliphatic heterocycles. The highest BCUT2D eigenvalue weighted by atomic mass is 16.3. The molecule has 36 valence electrons. The molecule has 1 unspecified atom stereocenters. The fourth-order valence-electron chi connectivity index (χ4n) is 0.443. The molecule has 1 rings (SSSR count). The third-order valence-corrected chi connectivity index (χ3v) is 0.970. The Morgan fingerprint density at radius 2 is 2.50 bits per heavy atom. The molecule has 2 heteroatoms. The van der Waals surface area contributed by atoms with Crippen LogP contribution in [0, 0.1) is 0 Å². The van der Waals surface area contributed by atoms with Crippen molar-refractivity contribution < 1.29 is 5.11 Å². The van der Waals surface area contributed by atoms with Crippen LogP contribution in [0.5, 0.6) is 0 Å². The van der Waals surface area contributed by atoms with Gasteiger partial charge in [-0.15, -0.1) is 0 Å². The summed E-state index contributed by atoms with van der Waals surface area (Å²) in [5.41, 5.74) is 0. The average molecular weight is 87.1 g/mol. The van der Waals surface area contributed by atoms with Gasteiger partial charge in [-0.1, -0.05) is 0 Å². The predicted molar refractivity (Wildman–Crippen MR) is 23.5 cm³/mol. The van der Waals surface area contributed by atoms with Crippen molar-refractivity contribution in [3.63, 3.8) is 0 Å². The summed E-state index contributed by atoms with van der Waals surface area (Å²) >= 11 is 0. The number of aliphatic hydroxyl groups excluding tert-OH is 1. The molecule has 1 fully saturated rings. The van der Waals surface area contributed by atoms with E-state index in [4.69, 9.17) is 5.11 Å². The van der Waals surface area contributed by atoms with Crippen molar-refractivity contribution in [3.05, 3.63) is 0 Å². The van der Waals surface area contributed by atoms with Crippen LogP contribution in [-0.4, -0.2) is 24.3 Å². The second-order valence-electron chi connectivity index (χ2n) is 1.62. The van der Waals surface area contributed by atoms with Crippen molar-refractivity contribution >= 4 is 0 Å². The molecule has 0 aromatic heterocycles. The van der Waals surface area contributed by atoms with Gasteiger partial charge in [0.15, 0.2) is 0 Å². The van der Waals surface area contributed by atoms with Gasteiger partial charge < -0.3 is 10.4 Å². The van der Waals surface area contributed by atoms with E-state index in [-0.39, 0.29) is 0 Å². The first-order chi connectivity index (χ1) is 2.93. The Kier molecular flexibility index (Phi) is 1.08. The second kappa shape index (κ2) is 1.58. The van der Waals surface area contributed by atoms with Gasteiger partial charge in [0.1, 0.15) is 0 Å². The highest BCUT2D eigenvalue weighted by Crippen LogP contribution is 1.99. The van der Waals surface area contributed by atoms with Gasteiger partial charge >= 0.3 is 0 Å². The second-order valence-corrected chi connectivity index (χ2v) is 1.62. The Morgan fingerprint density at radius 3 is 2.67 bits per heavy atom. The van der Waals surface area contributed by atoms with Crippen molar-refractivity contribution in [2.24, 2.45) is 0 Å². The lowest BCUT2D eigenvalue weighted by molar-refractivity contribution is 0.288. The van der Waals surface area contributed by atoms with Crippen molar-refractivity contribution in [1.29, 1.82) is 0 Å². The average Bonchev–Trinajstić information content (AvgIpc) is 2.21. The van der Waals surface area contributed by atoms with Crippen LogP contribution in [0.3, 0.4) is 0 Å². The van der Waals surface area contributed by atoms with Crippen molar-refractivity contribution in [2.45, 2.75) is 12.5 Å². The summed E-state index contributed by atoms with van der Waals surface area (Å²) in [6.45, 7) is 1.44. The molecule has 0 spiro atoms. The highest BCUT2D eigenvalue weighted by molar-refractivity contribution is 4.81. The zero-order chi connectivity index (χ0) is 4.41. The molecule has 0 radical (unpaired) electrons. The number of aliphatic hydroxyl groups is 1. The Bertz CT molecular complexity index is 42.8. The molecule has 1 saturated heterocycles. The summed E-state index contributed by atoms with van der Waals surface area (Å²) in [7, 11) is 0. The van der Waals surface area contributed by atoms with E-state index in [1.807, 2.05) is 0 Å². The molecule has 2 N–H and O–H groups in total. The van der Waals surface area contributed by atoms with Crippen LogP contribution in [0.25, 0.3) is 0 Å². The maximum atomic E-state index is 8.24. The molecule has 6 heavy (non-hydrogen) atoms. The first-order valence-corrected chi connectivity index (χ1v) is 2.27. The Hall–Kier alpha value is -0.0800. The van der Waals surface area contributed by atoms with Gasteiger partial charge in [-0.25, -0.2) is 0 Å². The molecule has 0 amide bonds. The molecular weight excluding hydrogens is 78.0 g/mol. The molecule has 1 heterocycles. The molecule has 1 aliphatic rings. The van der Waals surface area contributed by atoms with E-state index in [1.54, 1.807) is 0 Å². The van der Waals surface area contributed by atoms with Crippen LogP contribution in [0.15, 0.2) is 0 Å². The van der Waals surface area contributed by atoms with E-state index >= 15 is 0 Å². The van der Waals surface area contributed by atoms with Crippen molar-refractivity contribution in [2.75, 3.05) is 13.2 Å². The Labute approximate surface area is 37.2 Å². The molecule has 1 atom stereocenters. The predicted octanol–water partition coefficient (Wildman–Crippen LogP) is -0.659. The molecule has 0 aliphatic carbocycles. The van der Waals surface area contributed by atoms with Gasteiger partial charge in [0, 0.05) is 19.2 Å². The van der Waals surface area contributed by atoms with E-state index in [1.165, 1.54) is 0 Å². The summed E-state index contributed by atoms with van der Waals surface area (Å²) in [6.07, 6.45) is 0.931. The minimum absolute atomic E-state index is 0.331. The summed E-state index contributed by atoms with van der Waals surface area (Å²) in [5, 5.41) is 11.3. The third kappa shape index (κ3) is 0.954. The van der Waals surface area contributed by atoms with Crippen LogP contribution in [0.2, 0.25) is 0 Å². The minimum atomic E-state index is 0.331. The number of hydrogen-bond acceptors (Lipinski definition) is 2. The highest BCUT2D eigenvalue weighted by Gasteiger charge is 2.17. The van der Waals surface area contributed by atoms with E-state index in [0.29, 0.717) is 12.6 Å². The number of rotatable bonds is 2. The first kappa shape index (κ1) is 4.09. The van der Waals surface area contributed by atoms with E-state index < -0.39 is 0 Å². The summed E-state index contributed by atoms with van der Waals surface area (Å²) in [4.78, 5) is 0. The lowest BCUT2D eigenvalue weighted by Gasteiger charge is -1.81. The number of nitrogens with one attached hydrogen (secondary N) is 1. The quantitative estimate of drug-likeness (QED) is 0.439. The zero-order valence-electron chi connectivity index (χ0n) is 3.65. The number of hydrogen-bond donors (Lipinski definition) is 2. The normalized spacial score (nSPS) is 30.5. The minimum Gasteiger partial charge on any atom is -0.396 e. The zero-order valence-corrected chi connectivity index (χ0v) is 3.65. The van der Waals surface area contributed by atoms with Crippen LogP contribution in [0.4, 0.5) is 0 Å². The van der Waals surface area contributed by atoms with Crippen molar-refractivity contribution in [1.82, 2.24) is 5.32 Å². The van der Waals surface area contributed by atoms with Gasteiger partial charge in [0.2, 0.25) is 0 Å². The standard InChI is InChI=1S/C4H9NO/c6-2-1-4-3-5-4/h4-6H,1-3H2. The molecule has 0 aromatic carbocycles. The van der Waals surface area contributed by atoms with E-state index in [9.17, 15) is 0 Å². The lowest BCUT2D eigenvalue weighted by Crippen LogP contribution is -1.92. The summed E-state index contributed by atoms with van der Waals surface area (Å²) in [6, 6.07) is 0.648. The first-order valence-electron chi connectivity index (χ1n) is 2.27. The van der Waals surface area contributed by atoms with Crippen LogP contribution < -0.4 is 5.32 Å². The molecule has 2 nitrogen and oxygen atoms in total. The van der Waals surface area contributed by atoms with Crippen molar-refractivity contribution in [3.8, 4) is 0 Å². The van der Waals surface area contributed by atoms with E-state index in [2.05, 4.69) is 5.32 Å². The van der Waals surface area contributed by atoms with Crippen LogP contribution in [-0.2, 0) is 0 Å². The van der Waals surface area contributed by atoms with Gasteiger partial charge in [-0.3, -0.25) is 0 Å². The van der Waals surface area contributed by atoms with Gasteiger partial charge in [-0.05, 0) is 6.42 Å². The van der Waals surface area contributed by atoms with Gasteiger partial charge in [-0.2, -0.15) is 0 Å². The Balaban J connectivity index is 1.88. The molecule has 0 saturated carbocycles. The lowest BCUT2D eigenvalue weighted by atomic mass is 10.3. The van der Waals surface area contributed by atoms with Crippen LogP contribution >= 0.6 is 0 Å². The largest absolute Gasteiger partial charge is 0.396 e. The van der Waals surface area contributed by atoms with Gasteiger partial charge in [0.05, 0.1) is 0 Å². The fourth-order valence-corrected chi connectivity index (χ4v) is 0.443. The van der Waals surface area contributed by atoms with E-state index in [0.717, 1.165) is 13.0 Å².